The second-order valence-electron chi connectivity index (χ2n) is 7.48. The maximum Gasteiger partial charge on any atom is 0.224 e. The first kappa shape index (κ1) is 21.0. The van der Waals surface area contributed by atoms with Crippen molar-refractivity contribution in [3.05, 3.63) is 59.7 Å². The third-order valence-corrected chi connectivity index (χ3v) is 5.25. The van der Waals surface area contributed by atoms with E-state index in [4.69, 9.17) is 4.74 Å². The molecule has 2 aromatic carbocycles. The molecule has 3 rings (SSSR count). The van der Waals surface area contributed by atoms with Crippen LogP contribution in [-0.4, -0.2) is 68.4 Å². The number of ether oxygens (including phenoxy) is 1. The van der Waals surface area contributed by atoms with Crippen LogP contribution in [0, 0.1) is 0 Å². The van der Waals surface area contributed by atoms with Gasteiger partial charge in [-0.1, -0.05) is 12.1 Å². The molecule has 1 N–H and O–H groups in total. The molecule has 0 atom stereocenters. The van der Waals surface area contributed by atoms with Crippen LogP contribution in [-0.2, 0) is 11.2 Å². The first-order valence-corrected chi connectivity index (χ1v) is 10.0. The average Bonchev–Trinajstić information content (AvgIpc) is 2.75. The molecule has 1 fully saturated rings. The summed E-state index contributed by atoms with van der Waals surface area (Å²) in [5, 5.41) is 2.90. The van der Waals surface area contributed by atoms with Gasteiger partial charge in [-0.3, -0.25) is 14.5 Å². The lowest BCUT2D eigenvalue weighted by molar-refractivity contribution is -0.116. The maximum atomic E-state index is 12.5. The lowest BCUT2D eigenvalue weighted by Gasteiger charge is -2.31. The van der Waals surface area contributed by atoms with Crippen LogP contribution in [0.15, 0.2) is 48.5 Å². The van der Waals surface area contributed by atoms with E-state index in [2.05, 4.69) is 22.2 Å². The average molecular weight is 396 g/mol. The Morgan fingerprint density at radius 1 is 0.966 bits per heavy atom. The van der Waals surface area contributed by atoms with Crippen molar-refractivity contribution in [3.8, 4) is 5.75 Å². The van der Waals surface area contributed by atoms with E-state index in [0.29, 0.717) is 30.6 Å². The number of hydrogen-bond donors (Lipinski definition) is 1. The van der Waals surface area contributed by atoms with Gasteiger partial charge in [-0.05, 0) is 55.4 Å². The van der Waals surface area contributed by atoms with E-state index >= 15 is 0 Å². The third kappa shape index (κ3) is 6.41. The Kier molecular flexibility index (Phi) is 7.38. The number of hydrogen-bond acceptors (Lipinski definition) is 5. The van der Waals surface area contributed by atoms with E-state index in [0.717, 1.165) is 37.5 Å². The summed E-state index contributed by atoms with van der Waals surface area (Å²) >= 11 is 0. The van der Waals surface area contributed by atoms with Crippen molar-refractivity contribution in [1.29, 1.82) is 0 Å². The number of likely N-dealkylation sites (N-methyl/N-ethyl adjacent to an activating group) is 1. The van der Waals surface area contributed by atoms with Crippen LogP contribution in [0.25, 0.3) is 0 Å². The number of carbonyl (C=O) groups excluding carboxylic acids is 2. The molecular formula is C23H29N3O3. The van der Waals surface area contributed by atoms with Crippen LogP contribution in [0.3, 0.4) is 0 Å². The summed E-state index contributed by atoms with van der Waals surface area (Å²) in [6.45, 7) is 4.28. The van der Waals surface area contributed by atoms with Gasteiger partial charge in [0.2, 0.25) is 5.91 Å². The van der Waals surface area contributed by atoms with Crippen LogP contribution in [0.4, 0.5) is 5.69 Å². The number of Topliss-reactive ketones (excluding diaryl/α,β-unsaturated/α-hetero) is 1. The van der Waals surface area contributed by atoms with Crippen molar-refractivity contribution in [2.75, 3.05) is 52.2 Å². The molecule has 0 radical (unpaired) electrons. The number of rotatable bonds is 8. The van der Waals surface area contributed by atoms with E-state index in [1.54, 1.807) is 31.4 Å². The van der Waals surface area contributed by atoms with Crippen LogP contribution in [0.5, 0.6) is 5.75 Å². The fourth-order valence-electron chi connectivity index (χ4n) is 3.31. The molecular weight excluding hydrogens is 366 g/mol. The number of anilines is 1. The molecule has 0 aromatic heterocycles. The molecule has 2 aromatic rings. The van der Waals surface area contributed by atoms with E-state index in [1.807, 2.05) is 24.3 Å². The maximum absolute atomic E-state index is 12.5. The van der Waals surface area contributed by atoms with E-state index in [1.165, 1.54) is 0 Å². The van der Waals surface area contributed by atoms with Crippen LogP contribution in [0.1, 0.15) is 22.3 Å². The lowest BCUT2D eigenvalue weighted by atomic mass is 10.1. The highest BCUT2D eigenvalue weighted by Gasteiger charge is 2.17. The number of aryl methyl sites for hydroxylation is 1. The van der Waals surface area contributed by atoms with Gasteiger partial charge in [0.25, 0.3) is 0 Å². The zero-order valence-electron chi connectivity index (χ0n) is 17.2. The van der Waals surface area contributed by atoms with Gasteiger partial charge in [0.1, 0.15) is 5.75 Å². The molecule has 0 spiro atoms. The fraction of sp³-hybridized carbons (Fsp3) is 0.391. The molecule has 154 valence electrons. The molecule has 1 amide bonds. The van der Waals surface area contributed by atoms with Gasteiger partial charge in [-0.2, -0.15) is 0 Å². The second kappa shape index (κ2) is 10.2. The summed E-state index contributed by atoms with van der Waals surface area (Å²) in [5.41, 5.74) is 2.48. The van der Waals surface area contributed by atoms with Crippen molar-refractivity contribution < 1.29 is 14.3 Å². The number of carbonyl (C=O) groups is 2. The molecule has 0 unspecified atom stereocenters. The molecule has 1 aliphatic rings. The minimum Gasteiger partial charge on any atom is -0.497 e. The van der Waals surface area contributed by atoms with E-state index in [9.17, 15) is 9.59 Å². The summed E-state index contributed by atoms with van der Waals surface area (Å²) in [5.74, 6) is 0.879. The van der Waals surface area contributed by atoms with Gasteiger partial charge in [-0.25, -0.2) is 0 Å². The van der Waals surface area contributed by atoms with Crippen LogP contribution in [0.2, 0.25) is 0 Å². The van der Waals surface area contributed by atoms with E-state index in [-0.39, 0.29) is 11.7 Å². The summed E-state index contributed by atoms with van der Waals surface area (Å²) < 4.78 is 5.14. The first-order chi connectivity index (χ1) is 14.0. The Morgan fingerprint density at radius 2 is 1.62 bits per heavy atom. The zero-order valence-corrected chi connectivity index (χ0v) is 17.2. The number of nitrogens with zero attached hydrogens (tertiary/aromatic N) is 2. The lowest BCUT2D eigenvalue weighted by Crippen LogP contribution is -2.46. The van der Waals surface area contributed by atoms with Gasteiger partial charge < -0.3 is 15.0 Å². The Hall–Kier alpha value is -2.70. The molecule has 1 heterocycles. The summed E-state index contributed by atoms with van der Waals surface area (Å²) in [6, 6.07) is 14.9. The quantitative estimate of drug-likeness (QED) is 0.697. The number of amides is 1. The standard InChI is InChI=1S/C23H29N3O3/c1-25-13-15-26(16-14-25)17-22(27)19-6-8-20(9-7-19)24-23(28)12-5-18-3-10-21(29-2)11-4-18/h3-4,6-11H,5,12-17H2,1-2H3,(H,24,28). The minimum atomic E-state index is -0.0441. The molecule has 0 saturated carbocycles. The normalized spacial score (nSPS) is 15.1. The monoisotopic (exact) mass is 395 g/mol. The van der Waals surface area contributed by atoms with Crippen LogP contribution < -0.4 is 10.1 Å². The van der Waals surface area contributed by atoms with Gasteiger partial charge >= 0.3 is 0 Å². The van der Waals surface area contributed by atoms with Crippen molar-refractivity contribution in [2.24, 2.45) is 0 Å². The largest absolute Gasteiger partial charge is 0.497 e. The molecule has 6 nitrogen and oxygen atoms in total. The Labute approximate surface area is 172 Å². The molecule has 6 heteroatoms. The second-order valence-corrected chi connectivity index (χ2v) is 7.48. The number of nitrogens with one attached hydrogen (secondary N) is 1. The molecule has 1 saturated heterocycles. The van der Waals surface area contributed by atoms with Gasteiger partial charge in [0.15, 0.2) is 5.78 Å². The molecule has 29 heavy (non-hydrogen) atoms. The Bertz CT molecular complexity index is 810. The van der Waals surface area contributed by atoms with Crippen LogP contribution >= 0.6 is 0 Å². The molecule has 0 aliphatic carbocycles. The third-order valence-electron chi connectivity index (χ3n) is 5.25. The predicted octanol–water partition coefficient (Wildman–Crippen LogP) is 2.70. The number of methoxy groups -OCH3 is 1. The van der Waals surface area contributed by atoms with Gasteiger partial charge in [-0.15, -0.1) is 0 Å². The minimum absolute atomic E-state index is 0.0441. The predicted molar refractivity (Wildman–Crippen MR) is 115 cm³/mol. The SMILES string of the molecule is COc1ccc(CCC(=O)Nc2ccc(C(=O)CN3CCN(C)CC3)cc2)cc1. The number of ketones is 1. The Morgan fingerprint density at radius 3 is 2.24 bits per heavy atom. The number of piperazine rings is 1. The van der Waals surface area contributed by atoms with E-state index < -0.39 is 0 Å². The summed E-state index contributed by atoms with van der Waals surface area (Å²) in [7, 11) is 3.73. The number of benzene rings is 2. The highest BCUT2D eigenvalue weighted by atomic mass is 16.5. The Balaban J connectivity index is 1.45. The van der Waals surface area contributed by atoms with Gasteiger partial charge in [0, 0.05) is 43.9 Å². The smallest absolute Gasteiger partial charge is 0.224 e. The highest BCUT2D eigenvalue weighted by molar-refractivity contribution is 5.98. The zero-order chi connectivity index (χ0) is 20.6. The topological polar surface area (TPSA) is 61.9 Å². The summed E-state index contributed by atoms with van der Waals surface area (Å²) in [6.07, 6.45) is 1.06. The van der Waals surface area contributed by atoms with Gasteiger partial charge in [0.05, 0.1) is 13.7 Å². The molecule has 1 aliphatic heterocycles. The first-order valence-electron chi connectivity index (χ1n) is 10.0. The van der Waals surface area contributed by atoms with Crippen molar-refractivity contribution in [1.82, 2.24) is 9.80 Å². The highest BCUT2D eigenvalue weighted by Crippen LogP contribution is 2.14. The fourth-order valence-corrected chi connectivity index (χ4v) is 3.31. The van der Waals surface area contributed by atoms with Crippen molar-refractivity contribution in [3.63, 3.8) is 0 Å². The van der Waals surface area contributed by atoms with Crippen molar-refractivity contribution >= 4 is 17.4 Å². The molecule has 0 bridgehead atoms. The van der Waals surface area contributed by atoms with Crippen molar-refractivity contribution in [2.45, 2.75) is 12.8 Å². The summed E-state index contributed by atoms with van der Waals surface area (Å²) in [4.78, 5) is 29.1.